The number of halogens is 2. The highest BCUT2D eigenvalue weighted by Crippen LogP contribution is 2.29. The third-order valence-corrected chi connectivity index (χ3v) is 8.68. The van der Waals surface area contributed by atoms with Gasteiger partial charge in [-0.15, -0.1) is 0 Å². The molecule has 0 aliphatic heterocycles. The standard InChI is InChI=1S/C39H32BrFN4O6/c1-50-34-16-11-26(20-29(34)40)37(47)43-28-12-7-24(8-13-28)22-42-31-14-10-27(21-30(31)41)38-45-32-18-25(9-15-35(32)51-38)19-36(46)44-33(39(48)49)17-23-5-3-2-4-6-23/h2-16,18,20-21,33,42H,17,19,22H2,1H3,(H,43,47)(H,44,46)(H,48,49). The first-order chi connectivity index (χ1) is 24.6. The lowest BCUT2D eigenvalue weighted by atomic mass is 10.1. The molecule has 0 radical (unpaired) electrons. The van der Waals surface area contributed by atoms with Gasteiger partial charge in [0.05, 0.1) is 23.7 Å². The van der Waals surface area contributed by atoms with Gasteiger partial charge in [0.15, 0.2) is 5.58 Å². The summed E-state index contributed by atoms with van der Waals surface area (Å²) in [6.45, 7) is 0.342. The van der Waals surface area contributed by atoms with Crippen LogP contribution in [-0.2, 0) is 29.0 Å². The second kappa shape index (κ2) is 15.7. The van der Waals surface area contributed by atoms with Gasteiger partial charge in [-0.05, 0) is 93.3 Å². The van der Waals surface area contributed by atoms with Crippen LogP contribution in [0.5, 0.6) is 5.75 Å². The van der Waals surface area contributed by atoms with Gasteiger partial charge in [-0.1, -0.05) is 48.5 Å². The zero-order valence-corrected chi connectivity index (χ0v) is 28.9. The minimum atomic E-state index is -1.12. The van der Waals surface area contributed by atoms with Crippen molar-refractivity contribution in [3.63, 3.8) is 0 Å². The second-order valence-electron chi connectivity index (χ2n) is 11.7. The van der Waals surface area contributed by atoms with Crippen LogP contribution < -0.4 is 20.7 Å². The molecular formula is C39H32BrFN4O6. The maximum absolute atomic E-state index is 15.2. The van der Waals surface area contributed by atoms with Crippen LogP contribution in [0.25, 0.3) is 22.6 Å². The molecular weight excluding hydrogens is 719 g/mol. The summed E-state index contributed by atoms with van der Waals surface area (Å²) in [5, 5.41) is 18.2. The van der Waals surface area contributed by atoms with Crippen LogP contribution in [0.15, 0.2) is 118 Å². The van der Waals surface area contributed by atoms with Gasteiger partial charge in [0.1, 0.15) is 23.1 Å². The van der Waals surface area contributed by atoms with Crippen molar-refractivity contribution < 1.29 is 33.0 Å². The molecule has 2 amide bonds. The number of rotatable bonds is 13. The number of hydrogen-bond donors (Lipinski definition) is 4. The Labute approximate surface area is 300 Å². The van der Waals surface area contributed by atoms with Gasteiger partial charge in [-0.2, -0.15) is 0 Å². The Balaban J connectivity index is 1.04. The van der Waals surface area contributed by atoms with E-state index in [0.29, 0.717) is 50.2 Å². The van der Waals surface area contributed by atoms with Gasteiger partial charge >= 0.3 is 5.97 Å². The van der Waals surface area contributed by atoms with Crippen molar-refractivity contribution in [3.8, 4) is 17.2 Å². The molecule has 1 unspecified atom stereocenters. The molecule has 10 nitrogen and oxygen atoms in total. The Bertz CT molecular complexity index is 2210. The molecule has 0 aliphatic carbocycles. The molecule has 1 heterocycles. The van der Waals surface area contributed by atoms with Crippen LogP contribution in [-0.4, -0.2) is 41.0 Å². The number of amides is 2. The summed E-state index contributed by atoms with van der Waals surface area (Å²) in [6.07, 6.45) is 0.114. The van der Waals surface area contributed by atoms with E-state index in [9.17, 15) is 19.5 Å². The topological polar surface area (TPSA) is 143 Å². The highest BCUT2D eigenvalue weighted by atomic mass is 79.9. The molecule has 6 rings (SSSR count). The molecule has 51 heavy (non-hydrogen) atoms. The fourth-order valence-corrected chi connectivity index (χ4v) is 5.93. The third-order valence-electron chi connectivity index (χ3n) is 8.06. The third kappa shape index (κ3) is 8.78. The predicted molar refractivity (Wildman–Crippen MR) is 195 cm³/mol. The summed E-state index contributed by atoms with van der Waals surface area (Å²) in [5.74, 6) is -1.47. The van der Waals surface area contributed by atoms with Gasteiger partial charge in [-0.3, -0.25) is 9.59 Å². The highest BCUT2D eigenvalue weighted by Gasteiger charge is 2.21. The average Bonchev–Trinajstić information content (AvgIpc) is 3.55. The van der Waals surface area contributed by atoms with E-state index in [1.54, 1.807) is 67.8 Å². The molecule has 0 bridgehead atoms. The number of nitrogens with one attached hydrogen (secondary N) is 3. The van der Waals surface area contributed by atoms with Crippen molar-refractivity contribution in [1.29, 1.82) is 0 Å². The number of ether oxygens (including phenoxy) is 1. The van der Waals surface area contributed by atoms with Gasteiger partial charge < -0.3 is 30.2 Å². The fraction of sp³-hybridized carbons (Fsp3) is 0.128. The lowest BCUT2D eigenvalue weighted by Gasteiger charge is -2.14. The van der Waals surface area contributed by atoms with Crippen molar-refractivity contribution >= 4 is 56.2 Å². The smallest absolute Gasteiger partial charge is 0.326 e. The number of nitrogens with zero attached hydrogens (tertiary/aromatic N) is 1. The van der Waals surface area contributed by atoms with E-state index >= 15 is 4.39 Å². The SMILES string of the molecule is COc1ccc(C(=O)Nc2ccc(CNc3ccc(-c4nc5cc(CC(=O)NC(Cc6ccccc6)C(=O)O)ccc5o4)cc3F)cc2)cc1Br. The molecule has 1 aromatic heterocycles. The normalized spacial score (nSPS) is 11.5. The monoisotopic (exact) mass is 750 g/mol. The number of carbonyl (C=O) groups is 3. The number of carbonyl (C=O) groups excluding carboxylic acids is 2. The lowest BCUT2D eigenvalue weighted by molar-refractivity contribution is -0.141. The number of oxazole rings is 1. The summed E-state index contributed by atoms with van der Waals surface area (Å²) in [4.78, 5) is 41.7. The van der Waals surface area contributed by atoms with E-state index in [2.05, 4.69) is 36.9 Å². The minimum Gasteiger partial charge on any atom is -0.496 e. The first-order valence-corrected chi connectivity index (χ1v) is 16.7. The van der Waals surface area contributed by atoms with Crippen LogP contribution in [0.2, 0.25) is 0 Å². The Hall–Kier alpha value is -6.01. The number of anilines is 2. The second-order valence-corrected chi connectivity index (χ2v) is 12.5. The summed E-state index contributed by atoms with van der Waals surface area (Å²) < 4.78 is 26.9. The van der Waals surface area contributed by atoms with Gasteiger partial charge in [0.25, 0.3) is 5.91 Å². The van der Waals surface area contributed by atoms with Crippen LogP contribution in [0, 0.1) is 5.82 Å². The molecule has 0 saturated heterocycles. The maximum Gasteiger partial charge on any atom is 0.326 e. The van der Waals surface area contributed by atoms with E-state index < -0.39 is 23.7 Å². The summed E-state index contributed by atoms with van der Waals surface area (Å²) in [7, 11) is 1.55. The summed E-state index contributed by atoms with van der Waals surface area (Å²) in [6, 6.07) is 30.0. The fourth-order valence-electron chi connectivity index (χ4n) is 5.39. The zero-order chi connectivity index (χ0) is 35.9. The number of fused-ring (bicyclic) bond motifs is 1. The first-order valence-electron chi connectivity index (χ1n) is 15.9. The van der Waals surface area contributed by atoms with E-state index in [-0.39, 0.29) is 30.3 Å². The molecule has 4 N–H and O–H groups in total. The van der Waals surface area contributed by atoms with E-state index in [4.69, 9.17) is 9.15 Å². The molecule has 6 aromatic rings. The quantitative estimate of drug-likeness (QED) is 0.0945. The molecule has 1 atom stereocenters. The van der Waals surface area contributed by atoms with Crippen LogP contribution in [0.4, 0.5) is 15.8 Å². The van der Waals surface area contributed by atoms with Crippen molar-refractivity contribution in [2.24, 2.45) is 0 Å². The number of carboxylic acids is 1. The molecule has 0 aliphatic rings. The Morgan fingerprint density at radius 3 is 2.37 bits per heavy atom. The number of carboxylic acid groups (broad SMARTS) is 1. The first kappa shape index (κ1) is 34.8. The van der Waals surface area contributed by atoms with Crippen molar-refractivity contribution in [2.75, 3.05) is 17.7 Å². The summed E-state index contributed by atoms with van der Waals surface area (Å²) in [5.41, 5.74) is 5.05. The Morgan fingerprint density at radius 1 is 0.902 bits per heavy atom. The van der Waals surface area contributed by atoms with E-state index in [1.807, 2.05) is 42.5 Å². The number of aliphatic carboxylic acids is 1. The number of hydrogen-bond acceptors (Lipinski definition) is 7. The van der Waals surface area contributed by atoms with Crippen LogP contribution >= 0.6 is 15.9 Å². The van der Waals surface area contributed by atoms with E-state index in [0.717, 1.165) is 11.1 Å². The number of aromatic nitrogens is 1. The Morgan fingerprint density at radius 2 is 1.67 bits per heavy atom. The molecule has 0 saturated carbocycles. The van der Waals surface area contributed by atoms with Crippen molar-refractivity contribution in [1.82, 2.24) is 10.3 Å². The van der Waals surface area contributed by atoms with Crippen molar-refractivity contribution in [3.05, 3.63) is 142 Å². The van der Waals surface area contributed by atoms with Crippen molar-refractivity contribution in [2.45, 2.75) is 25.4 Å². The van der Waals surface area contributed by atoms with E-state index in [1.165, 1.54) is 6.07 Å². The summed E-state index contributed by atoms with van der Waals surface area (Å²) >= 11 is 3.39. The zero-order valence-electron chi connectivity index (χ0n) is 27.3. The molecule has 5 aromatic carbocycles. The van der Waals surface area contributed by atoms with Gasteiger partial charge in [0, 0.05) is 29.8 Å². The maximum atomic E-state index is 15.2. The number of methoxy groups -OCH3 is 1. The molecule has 0 spiro atoms. The largest absolute Gasteiger partial charge is 0.496 e. The van der Waals surface area contributed by atoms with Crippen LogP contribution in [0.1, 0.15) is 27.0 Å². The average molecular weight is 752 g/mol. The Kier molecular flexibility index (Phi) is 10.7. The van der Waals surface area contributed by atoms with Crippen LogP contribution in [0.3, 0.4) is 0 Å². The van der Waals surface area contributed by atoms with Gasteiger partial charge in [-0.25, -0.2) is 14.2 Å². The molecule has 258 valence electrons. The minimum absolute atomic E-state index is 0.0507. The predicted octanol–water partition coefficient (Wildman–Crippen LogP) is 7.62. The molecule has 0 fully saturated rings. The molecule has 12 heteroatoms. The number of benzene rings is 5. The highest BCUT2D eigenvalue weighted by molar-refractivity contribution is 9.10. The van der Waals surface area contributed by atoms with Gasteiger partial charge in [0.2, 0.25) is 11.8 Å². The lowest BCUT2D eigenvalue weighted by Crippen LogP contribution is -2.43.